The summed E-state index contributed by atoms with van der Waals surface area (Å²) < 4.78 is 18.8. The van der Waals surface area contributed by atoms with Crippen molar-refractivity contribution in [2.24, 2.45) is 0 Å². The fourth-order valence-electron chi connectivity index (χ4n) is 1.76. The molecule has 2 aromatic rings. The Bertz CT molecular complexity index is 801. The molecule has 0 bridgehead atoms. The van der Waals surface area contributed by atoms with Crippen molar-refractivity contribution in [2.75, 3.05) is 13.4 Å². The van der Waals surface area contributed by atoms with Gasteiger partial charge in [-0.2, -0.15) is 5.26 Å². The normalized spacial score (nSPS) is 10.2. The lowest BCUT2D eigenvalue weighted by Crippen LogP contribution is -2.15. The van der Waals surface area contributed by atoms with Crippen LogP contribution in [0.2, 0.25) is 5.02 Å². The molecule has 0 aliphatic heterocycles. The number of halogens is 2. The van der Waals surface area contributed by atoms with Crippen LogP contribution >= 0.6 is 23.4 Å². The average Bonchev–Trinajstić information content (AvgIpc) is 2.49. The molecule has 0 fully saturated rings. The summed E-state index contributed by atoms with van der Waals surface area (Å²) in [4.78, 5) is 18.5. The summed E-state index contributed by atoms with van der Waals surface area (Å²) in [7, 11) is 1.38. The highest BCUT2D eigenvalue weighted by Crippen LogP contribution is 2.38. The van der Waals surface area contributed by atoms with Crippen LogP contribution in [0.4, 0.5) is 4.39 Å². The SMILES string of the molecule is COc1ccc(F)c(Cl)c1-c1nc(SC)[nH]c(=O)c1C#N. The van der Waals surface area contributed by atoms with Crippen molar-refractivity contribution >= 4 is 23.4 Å². The number of benzene rings is 1. The Morgan fingerprint density at radius 3 is 2.81 bits per heavy atom. The van der Waals surface area contributed by atoms with E-state index in [9.17, 15) is 9.18 Å². The molecule has 5 nitrogen and oxygen atoms in total. The van der Waals surface area contributed by atoms with Gasteiger partial charge in [-0.25, -0.2) is 9.37 Å². The highest BCUT2D eigenvalue weighted by molar-refractivity contribution is 7.98. The van der Waals surface area contributed by atoms with Crippen LogP contribution in [0.3, 0.4) is 0 Å². The lowest BCUT2D eigenvalue weighted by atomic mass is 10.1. The summed E-state index contributed by atoms with van der Waals surface area (Å²) in [5, 5.41) is 9.19. The highest BCUT2D eigenvalue weighted by Gasteiger charge is 2.21. The first-order valence-electron chi connectivity index (χ1n) is 5.64. The Balaban J connectivity index is 2.91. The van der Waals surface area contributed by atoms with E-state index in [0.29, 0.717) is 0 Å². The number of hydrogen-bond acceptors (Lipinski definition) is 5. The summed E-state index contributed by atoms with van der Waals surface area (Å²) >= 11 is 7.15. The number of methoxy groups -OCH3 is 1. The van der Waals surface area contributed by atoms with Gasteiger partial charge in [0.1, 0.15) is 28.9 Å². The van der Waals surface area contributed by atoms with E-state index in [1.54, 1.807) is 12.3 Å². The summed E-state index contributed by atoms with van der Waals surface area (Å²) in [6, 6.07) is 4.26. The third kappa shape index (κ3) is 2.73. The first-order valence-corrected chi connectivity index (χ1v) is 7.24. The van der Waals surface area contributed by atoms with E-state index in [0.717, 1.165) is 6.07 Å². The topological polar surface area (TPSA) is 78.8 Å². The van der Waals surface area contributed by atoms with E-state index in [1.165, 1.54) is 24.9 Å². The van der Waals surface area contributed by atoms with E-state index < -0.39 is 11.4 Å². The molecule has 0 saturated carbocycles. The number of hydrogen-bond donors (Lipinski definition) is 1. The van der Waals surface area contributed by atoms with Crippen LogP contribution in [0.25, 0.3) is 11.3 Å². The molecule has 1 heterocycles. The molecule has 0 radical (unpaired) electrons. The third-order valence-electron chi connectivity index (χ3n) is 2.72. The quantitative estimate of drug-likeness (QED) is 0.693. The molecular formula is C13H9ClFN3O2S. The van der Waals surface area contributed by atoms with E-state index in [4.69, 9.17) is 21.6 Å². The second kappa shape index (κ2) is 6.16. The second-order valence-electron chi connectivity index (χ2n) is 3.85. The molecule has 0 spiro atoms. The van der Waals surface area contributed by atoms with E-state index in [2.05, 4.69) is 9.97 Å². The number of H-pyrrole nitrogens is 1. The molecule has 0 saturated heterocycles. The number of nitrogens with one attached hydrogen (secondary N) is 1. The lowest BCUT2D eigenvalue weighted by molar-refractivity contribution is 0.415. The summed E-state index contributed by atoms with van der Waals surface area (Å²) in [5.41, 5.74) is -0.795. The Labute approximate surface area is 128 Å². The van der Waals surface area contributed by atoms with Gasteiger partial charge in [-0.1, -0.05) is 23.4 Å². The standard InChI is InChI=1S/C13H9ClFN3O2S/c1-20-8-4-3-7(15)10(14)9(8)11-6(5-16)12(19)18-13(17-11)21-2/h3-4H,1-2H3,(H,17,18,19). The van der Waals surface area contributed by atoms with Gasteiger partial charge >= 0.3 is 0 Å². The van der Waals surface area contributed by atoms with Gasteiger partial charge in [0.15, 0.2) is 5.16 Å². The van der Waals surface area contributed by atoms with Crippen LogP contribution < -0.4 is 10.3 Å². The molecule has 0 atom stereocenters. The highest BCUT2D eigenvalue weighted by atomic mass is 35.5. The Hall–Kier alpha value is -2.04. The average molecular weight is 326 g/mol. The summed E-state index contributed by atoms with van der Waals surface area (Å²) in [5.74, 6) is -0.466. The molecule has 0 aliphatic rings. The third-order valence-corrected chi connectivity index (χ3v) is 3.67. The van der Waals surface area contributed by atoms with Crippen LogP contribution in [0.15, 0.2) is 22.1 Å². The minimum Gasteiger partial charge on any atom is -0.496 e. The zero-order valence-corrected chi connectivity index (χ0v) is 12.6. The van der Waals surface area contributed by atoms with Gasteiger partial charge in [0.25, 0.3) is 5.56 Å². The number of nitrogens with zero attached hydrogens (tertiary/aromatic N) is 2. The summed E-state index contributed by atoms with van der Waals surface area (Å²) in [6.45, 7) is 0. The first kappa shape index (κ1) is 15.4. The Morgan fingerprint density at radius 1 is 1.52 bits per heavy atom. The molecule has 1 aromatic carbocycles. The Morgan fingerprint density at radius 2 is 2.24 bits per heavy atom. The van der Waals surface area contributed by atoms with E-state index in [-0.39, 0.29) is 32.7 Å². The minimum atomic E-state index is -0.691. The number of ether oxygens (including phenoxy) is 1. The summed E-state index contributed by atoms with van der Waals surface area (Å²) in [6.07, 6.45) is 1.71. The monoisotopic (exact) mass is 325 g/mol. The number of rotatable bonds is 3. The molecular weight excluding hydrogens is 317 g/mol. The van der Waals surface area contributed by atoms with Gasteiger partial charge in [0.2, 0.25) is 0 Å². The molecule has 21 heavy (non-hydrogen) atoms. The van der Waals surface area contributed by atoms with Gasteiger partial charge < -0.3 is 9.72 Å². The van der Waals surface area contributed by atoms with Gasteiger partial charge in [0.05, 0.1) is 17.7 Å². The van der Waals surface area contributed by atoms with Crippen LogP contribution in [0.1, 0.15) is 5.56 Å². The molecule has 8 heteroatoms. The molecule has 0 aliphatic carbocycles. The fraction of sp³-hybridized carbons (Fsp3) is 0.154. The van der Waals surface area contributed by atoms with Crippen LogP contribution in [0.5, 0.6) is 5.75 Å². The molecule has 1 N–H and O–H groups in total. The van der Waals surface area contributed by atoms with Crippen molar-refractivity contribution in [3.05, 3.63) is 38.9 Å². The Kier molecular flexibility index (Phi) is 4.50. The molecule has 108 valence electrons. The number of nitriles is 1. The van der Waals surface area contributed by atoms with Crippen LogP contribution in [-0.4, -0.2) is 23.3 Å². The van der Waals surface area contributed by atoms with Gasteiger partial charge in [-0.05, 0) is 18.4 Å². The first-order chi connectivity index (χ1) is 10.0. The maximum atomic E-state index is 13.7. The van der Waals surface area contributed by atoms with Crippen molar-refractivity contribution in [3.8, 4) is 23.1 Å². The predicted octanol–water partition coefficient (Wildman–Crippen LogP) is 2.83. The number of aromatic amines is 1. The van der Waals surface area contributed by atoms with Gasteiger partial charge in [-0.15, -0.1) is 0 Å². The minimum absolute atomic E-state index is 0.00745. The van der Waals surface area contributed by atoms with Crippen LogP contribution in [0, 0.1) is 17.1 Å². The van der Waals surface area contributed by atoms with Crippen molar-refractivity contribution in [1.82, 2.24) is 9.97 Å². The van der Waals surface area contributed by atoms with Crippen molar-refractivity contribution in [2.45, 2.75) is 5.16 Å². The van der Waals surface area contributed by atoms with Crippen molar-refractivity contribution < 1.29 is 9.13 Å². The fourth-order valence-corrected chi connectivity index (χ4v) is 2.38. The zero-order valence-electron chi connectivity index (χ0n) is 11.0. The predicted molar refractivity (Wildman–Crippen MR) is 78.3 cm³/mol. The van der Waals surface area contributed by atoms with Gasteiger partial charge in [-0.3, -0.25) is 4.79 Å². The maximum Gasteiger partial charge on any atom is 0.270 e. The molecule has 0 unspecified atom stereocenters. The molecule has 1 aromatic heterocycles. The molecule has 2 rings (SSSR count). The van der Waals surface area contributed by atoms with Crippen molar-refractivity contribution in [3.63, 3.8) is 0 Å². The molecule has 0 amide bonds. The number of thioether (sulfide) groups is 1. The largest absolute Gasteiger partial charge is 0.496 e. The van der Waals surface area contributed by atoms with Gasteiger partial charge in [0, 0.05) is 0 Å². The lowest BCUT2D eigenvalue weighted by Gasteiger charge is -2.12. The second-order valence-corrected chi connectivity index (χ2v) is 5.02. The maximum absolute atomic E-state index is 13.7. The van der Waals surface area contributed by atoms with E-state index in [1.807, 2.05) is 0 Å². The number of aromatic nitrogens is 2. The smallest absolute Gasteiger partial charge is 0.270 e. The van der Waals surface area contributed by atoms with Crippen molar-refractivity contribution in [1.29, 1.82) is 5.26 Å². The van der Waals surface area contributed by atoms with E-state index >= 15 is 0 Å². The zero-order chi connectivity index (χ0) is 15.6. The van der Waals surface area contributed by atoms with Crippen LogP contribution in [-0.2, 0) is 0 Å².